The van der Waals surface area contributed by atoms with Crippen LogP contribution in [0.15, 0.2) is 30.5 Å². The van der Waals surface area contributed by atoms with Crippen molar-refractivity contribution in [3.63, 3.8) is 0 Å². The van der Waals surface area contributed by atoms with Gasteiger partial charge in [0, 0.05) is 29.3 Å². The molecule has 3 amide bonds. The van der Waals surface area contributed by atoms with E-state index in [9.17, 15) is 24.3 Å². The largest absolute Gasteiger partial charge is 0.480 e. The highest BCUT2D eigenvalue weighted by Gasteiger charge is 2.30. The van der Waals surface area contributed by atoms with Crippen molar-refractivity contribution in [2.45, 2.75) is 50.4 Å². The van der Waals surface area contributed by atoms with Crippen LogP contribution >= 0.6 is 12.6 Å². The summed E-state index contributed by atoms with van der Waals surface area (Å²) in [6.07, 6.45) is 3.47. The van der Waals surface area contributed by atoms with E-state index in [0.29, 0.717) is 6.42 Å². The molecule has 0 bridgehead atoms. The van der Waals surface area contributed by atoms with Crippen LogP contribution in [0, 0.1) is 0 Å². The van der Waals surface area contributed by atoms with Crippen molar-refractivity contribution in [2.24, 2.45) is 0 Å². The highest BCUT2D eigenvalue weighted by atomic mass is 32.1. The molecule has 1 aliphatic heterocycles. The molecule has 0 radical (unpaired) electrons. The van der Waals surface area contributed by atoms with Gasteiger partial charge in [0.1, 0.15) is 18.1 Å². The number of H-pyrrole nitrogens is 1. The summed E-state index contributed by atoms with van der Waals surface area (Å²) in [6, 6.07) is 4.06. The summed E-state index contributed by atoms with van der Waals surface area (Å²) in [5.41, 5.74) is 1.66. The molecule has 10 nitrogen and oxygen atoms in total. The molecule has 1 aromatic carbocycles. The monoisotopic (exact) mass is 475 g/mol. The number of benzene rings is 1. The van der Waals surface area contributed by atoms with Crippen LogP contribution < -0.4 is 21.3 Å². The van der Waals surface area contributed by atoms with Crippen molar-refractivity contribution in [1.82, 2.24) is 26.3 Å². The smallest absolute Gasteiger partial charge is 0.327 e. The zero-order chi connectivity index (χ0) is 24.0. The lowest BCUT2D eigenvalue weighted by molar-refractivity contribution is -0.141. The predicted molar refractivity (Wildman–Crippen MR) is 126 cm³/mol. The molecule has 0 aliphatic carbocycles. The van der Waals surface area contributed by atoms with Gasteiger partial charge in [0.05, 0.1) is 6.04 Å². The molecule has 0 spiro atoms. The fraction of sp³-hybridized carbons (Fsp3) is 0.455. The number of carboxylic acids is 1. The van der Waals surface area contributed by atoms with Gasteiger partial charge in [-0.1, -0.05) is 18.2 Å². The minimum absolute atomic E-state index is 0.102. The number of para-hydroxylation sites is 1. The number of carboxylic acid groups (broad SMARTS) is 1. The number of thiol groups is 1. The van der Waals surface area contributed by atoms with Gasteiger partial charge in [0.25, 0.3) is 0 Å². The Morgan fingerprint density at radius 3 is 2.52 bits per heavy atom. The van der Waals surface area contributed by atoms with E-state index in [1.807, 2.05) is 24.3 Å². The lowest BCUT2D eigenvalue weighted by Crippen LogP contribution is -2.57. The number of carbonyl (C=O) groups excluding carboxylic acids is 3. The molecule has 0 saturated carbocycles. The van der Waals surface area contributed by atoms with E-state index < -0.39 is 35.9 Å². The summed E-state index contributed by atoms with van der Waals surface area (Å²) in [4.78, 5) is 52.6. The molecule has 4 atom stereocenters. The maximum Gasteiger partial charge on any atom is 0.327 e. The fourth-order valence-electron chi connectivity index (χ4n) is 3.77. The first-order chi connectivity index (χ1) is 15.8. The molecule has 4 unspecified atom stereocenters. The molecular formula is C22H29N5O5S. The second-order valence-electron chi connectivity index (χ2n) is 8.09. The van der Waals surface area contributed by atoms with Crippen molar-refractivity contribution in [1.29, 1.82) is 0 Å². The molecule has 178 valence electrons. The summed E-state index contributed by atoms with van der Waals surface area (Å²) >= 11 is 3.98. The van der Waals surface area contributed by atoms with Crippen LogP contribution in [0.5, 0.6) is 0 Å². The molecular weight excluding hydrogens is 446 g/mol. The Hall–Kier alpha value is -3.05. The van der Waals surface area contributed by atoms with E-state index in [4.69, 9.17) is 0 Å². The Morgan fingerprint density at radius 2 is 1.85 bits per heavy atom. The Labute approximate surface area is 196 Å². The molecule has 6 N–H and O–H groups in total. The third kappa shape index (κ3) is 6.26. The first-order valence-corrected chi connectivity index (χ1v) is 11.5. The third-order valence-corrected chi connectivity index (χ3v) is 6.02. The summed E-state index contributed by atoms with van der Waals surface area (Å²) < 4.78 is 0. The van der Waals surface area contributed by atoms with Crippen LogP contribution in [0.25, 0.3) is 10.9 Å². The molecule has 3 rings (SSSR count). The van der Waals surface area contributed by atoms with Gasteiger partial charge in [-0.25, -0.2) is 4.79 Å². The number of aromatic amines is 1. The molecule has 1 aliphatic rings. The molecule has 1 fully saturated rings. The van der Waals surface area contributed by atoms with E-state index in [0.717, 1.165) is 29.4 Å². The first-order valence-electron chi connectivity index (χ1n) is 10.8. The molecule has 33 heavy (non-hydrogen) atoms. The number of amides is 3. The minimum atomic E-state index is -1.22. The number of rotatable bonds is 10. The summed E-state index contributed by atoms with van der Waals surface area (Å²) in [6.45, 7) is 2.29. The first kappa shape index (κ1) is 24.6. The average molecular weight is 476 g/mol. The number of fused-ring (bicyclic) bond motifs is 1. The number of aromatic nitrogens is 1. The lowest BCUT2D eigenvalue weighted by Gasteiger charge is -2.23. The molecule has 2 aromatic rings. The van der Waals surface area contributed by atoms with Gasteiger partial charge in [-0.3, -0.25) is 14.4 Å². The van der Waals surface area contributed by atoms with Gasteiger partial charge < -0.3 is 31.4 Å². The van der Waals surface area contributed by atoms with Crippen LogP contribution in [0.1, 0.15) is 25.3 Å². The standard InChI is InChI=1S/C22H29N5O5S/c1-12(25-20(29)16-7-4-8-23-16)19(28)26-17(21(30)27-18(11-33)22(31)32)9-13-10-24-15-6-3-2-5-14(13)15/h2-3,5-6,10,12,16-18,23-24,33H,4,7-9,11H2,1H3,(H,25,29)(H,26,28)(H,27,30)(H,31,32). The van der Waals surface area contributed by atoms with Crippen LogP contribution in [0.3, 0.4) is 0 Å². The van der Waals surface area contributed by atoms with Crippen LogP contribution in [0.2, 0.25) is 0 Å². The SMILES string of the molecule is CC(NC(=O)C1CCCN1)C(=O)NC(Cc1c[nH]c2ccccc12)C(=O)NC(CS)C(=O)O. The van der Waals surface area contributed by atoms with Crippen LogP contribution in [-0.4, -0.2) is 70.2 Å². The normalized spacial score (nSPS) is 18.3. The van der Waals surface area contributed by atoms with Gasteiger partial charge in [-0.2, -0.15) is 12.6 Å². The lowest BCUT2D eigenvalue weighted by atomic mass is 10.0. The topological polar surface area (TPSA) is 152 Å². The summed E-state index contributed by atoms with van der Waals surface area (Å²) in [7, 11) is 0. The predicted octanol–water partition coefficient (Wildman–Crippen LogP) is -0.0489. The van der Waals surface area contributed by atoms with Crippen molar-refractivity contribution in [2.75, 3.05) is 12.3 Å². The van der Waals surface area contributed by atoms with Gasteiger partial charge in [0.2, 0.25) is 17.7 Å². The minimum Gasteiger partial charge on any atom is -0.480 e. The average Bonchev–Trinajstić information content (AvgIpc) is 3.47. The number of hydrogen-bond donors (Lipinski definition) is 7. The van der Waals surface area contributed by atoms with Crippen molar-refractivity contribution < 1.29 is 24.3 Å². The Morgan fingerprint density at radius 1 is 1.12 bits per heavy atom. The highest BCUT2D eigenvalue weighted by Crippen LogP contribution is 2.19. The van der Waals surface area contributed by atoms with Gasteiger partial charge >= 0.3 is 5.97 Å². The zero-order valence-electron chi connectivity index (χ0n) is 18.3. The van der Waals surface area contributed by atoms with E-state index in [1.54, 1.807) is 6.20 Å². The van der Waals surface area contributed by atoms with E-state index in [-0.39, 0.29) is 24.1 Å². The maximum atomic E-state index is 12.9. The summed E-state index contributed by atoms with van der Waals surface area (Å²) in [5.74, 6) is -2.78. The quantitative estimate of drug-likeness (QED) is 0.239. The highest BCUT2D eigenvalue weighted by molar-refractivity contribution is 7.80. The molecule has 11 heteroatoms. The van der Waals surface area contributed by atoms with Crippen molar-refractivity contribution >= 4 is 47.2 Å². The number of hydrogen-bond acceptors (Lipinski definition) is 6. The van der Waals surface area contributed by atoms with Crippen LogP contribution in [-0.2, 0) is 25.6 Å². The van der Waals surface area contributed by atoms with E-state index >= 15 is 0 Å². The molecule has 1 aromatic heterocycles. The van der Waals surface area contributed by atoms with Crippen molar-refractivity contribution in [3.05, 3.63) is 36.0 Å². The van der Waals surface area contributed by atoms with E-state index in [2.05, 4.69) is 38.9 Å². The Kier molecular flexibility index (Phi) is 8.34. The molecule has 2 heterocycles. The van der Waals surface area contributed by atoms with Crippen LogP contribution in [0.4, 0.5) is 0 Å². The number of carbonyl (C=O) groups is 4. The fourth-order valence-corrected chi connectivity index (χ4v) is 4.02. The Bertz CT molecular complexity index is 1020. The van der Waals surface area contributed by atoms with Gasteiger partial charge in [-0.05, 0) is 37.9 Å². The van der Waals surface area contributed by atoms with Crippen molar-refractivity contribution in [3.8, 4) is 0 Å². The Balaban J connectivity index is 1.73. The number of aliphatic carboxylic acids is 1. The summed E-state index contributed by atoms with van der Waals surface area (Å²) in [5, 5.41) is 21.0. The van der Waals surface area contributed by atoms with Gasteiger partial charge in [-0.15, -0.1) is 0 Å². The van der Waals surface area contributed by atoms with E-state index in [1.165, 1.54) is 6.92 Å². The third-order valence-electron chi connectivity index (χ3n) is 5.66. The second kappa shape index (κ2) is 11.2. The molecule has 1 saturated heterocycles. The zero-order valence-corrected chi connectivity index (χ0v) is 19.2. The number of nitrogens with one attached hydrogen (secondary N) is 5. The maximum absolute atomic E-state index is 12.9. The van der Waals surface area contributed by atoms with Gasteiger partial charge in [0.15, 0.2) is 0 Å². The second-order valence-corrected chi connectivity index (χ2v) is 8.45.